The summed E-state index contributed by atoms with van der Waals surface area (Å²) in [4.78, 5) is 16.2. The molecule has 0 unspecified atom stereocenters. The number of carbonyl (C=O) groups is 1. The summed E-state index contributed by atoms with van der Waals surface area (Å²) in [6.45, 7) is 2.37. The zero-order valence-corrected chi connectivity index (χ0v) is 11.4. The number of H-pyrrole nitrogens is 1. The van der Waals surface area contributed by atoms with E-state index in [0.29, 0.717) is 12.6 Å². The van der Waals surface area contributed by atoms with Crippen molar-refractivity contribution >= 4 is 11.9 Å². The van der Waals surface area contributed by atoms with Crippen molar-refractivity contribution in [3.63, 3.8) is 0 Å². The van der Waals surface area contributed by atoms with Gasteiger partial charge >= 0.3 is 6.01 Å². The molecule has 1 aliphatic carbocycles. The fraction of sp³-hybridized carbons (Fsp3) is 0.769. The summed E-state index contributed by atoms with van der Waals surface area (Å²) in [5.74, 6) is 0.512. The number of hydrogen-bond donors (Lipinski definition) is 2. The number of ether oxygens (including phenoxy) is 1. The van der Waals surface area contributed by atoms with Gasteiger partial charge in [-0.1, -0.05) is 32.1 Å². The number of rotatable bonds is 4. The maximum atomic E-state index is 12.2. The number of aromatic nitrogens is 3. The fourth-order valence-electron chi connectivity index (χ4n) is 2.43. The molecule has 1 aromatic heterocycles. The Labute approximate surface area is 113 Å². The van der Waals surface area contributed by atoms with Gasteiger partial charge in [-0.3, -0.25) is 10.1 Å². The van der Waals surface area contributed by atoms with Crippen molar-refractivity contribution in [3.05, 3.63) is 0 Å². The van der Waals surface area contributed by atoms with Gasteiger partial charge in [-0.25, -0.2) is 5.10 Å². The minimum absolute atomic E-state index is 0.0427. The molecule has 6 heteroatoms. The lowest BCUT2D eigenvalue weighted by atomic mass is 9.90. The van der Waals surface area contributed by atoms with Crippen LogP contribution < -0.4 is 10.1 Å². The third-order valence-corrected chi connectivity index (χ3v) is 3.46. The molecule has 1 aromatic rings. The van der Waals surface area contributed by atoms with E-state index in [1.54, 1.807) is 0 Å². The highest BCUT2D eigenvalue weighted by Crippen LogP contribution is 2.23. The van der Waals surface area contributed by atoms with E-state index in [1.165, 1.54) is 19.3 Å². The topological polar surface area (TPSA) is 79.9 Å². The lowest BCUT2D eigenvalue weighted by Gasteiger charge is -2.18. The second-order valence-corrected chi connectivity index (χ2v) is 4.93. The van der Waals surface area contributed by atoms with Gasteiger partial charge in [0.1, 0.15) is 0 Å². The Bertz CT molecular complexity index is 397. The van der Waals surface area contributed by atoms with Crippen LogP contribution in [-0.2, 0) is 4.79 Å². The Hall–Kier alpha value is -1.59. The van der Waals surface area contributed by atoms with E-state index in [9.17, 15) is 4.79 Å². The average molecular weight is 266 g/mol. The monoisotopic (exact) mass is 266 g/mol. The molecule has 6 nitrogen and oxygen atoms in total. The molecule has 1 aliphatic rings. The van der Waals surface area contributed by atoms with Gasteiger partial charge in [-0.05, 0) is 19.8 Å². The van der Waals surface area contributed by atoms with Gasteiger partial charge in [0.15, 0.2) is 0 Å². The van der Waals surface area contributed by atoms with Crippen molar-refractivity contribution < 1.29 is 9.53 Å². The third kappa shape index (κ3) is 4.22. The van der Waals surface area contributed by atoms with Crippen LogP contribution in [-0.4, -0.2) is 27.7 Å². The lowest BCUT2D eigenvalue weighted by Crippen LogP contribution is -2.24. The standard InChI is InChI=1S/C13H22N4O2/c1-2-19-13-15-12(16-17-13)14-11(18)10-8-6-4-3-5-7-9-10/h10H,2-9H2,1H3,(H2,14,15,16,17,18). The van der Waals surface area contributed by atoms with E-state index in [0.717, 1.165) is 25.7 Å². The lowest BCUT2D eigenvalue weighted by molar-refractivity contribution is -0.120. The molecular weight excluding hydrogens is 244 g/mol. The third-order valence-electron chi connectivity index (χ3n) is 3.46. The number of aromatic amines is 1. The molecule has 2 N–H and O–H groups in total. The smallest absolute Gasteiger partial charge is 0.337 e. The maximum absolute atomic E-state index is 12.2. The summed E-state index contributed by atoms with van der Waals surface area (Å²) in [6.07, 6.45) is 7.99. The highest BCUT2D eigenvalue weighted by Gasteiger charge is 2.20. The van der Waals surface area contributed by atoms with Crippen LogP contribution in [0.3, 0.4) is 0 Å². The predicted octanol–water partition coefficient (Wildman–Crippen LogP) is 2.50. The van der Waals surface area contributed by atoms with Crippen molar-refractivity contribution in [1.82, 2.24) is 15.2 Å². The second-order valence-electron chi connectivity index (χ2n) is 4.93. The first-order valence-electron chi connectivity index (χ1n) is 7.15. The average Bonchev–Trinajstić information content (AvgIpc) is 2.76. The molecule has 106 valence electrons. The van der Waals surface area contributed by atoms with E-state index >= 15 is 0 Å². The fourth-order valence-corrected chi connectivity index (χ4v) is 2.43. The van der Waals surface area contributed by atoms with Gasteiger partial charge in [-0.15, -0.1) is 5.10 Å². The van der Waals surface area contributed by atoms with Gasteiger partial charge in [0.25, 0.3) is 0 Å². The van der Waals surface area contributed by atoms with Crippen LogP contribution in [0.5, 0.6) is 6.01 Å². The molecule has 19 heavy (non-hydrogen) atoms. The molecule has 0 radical (unpaired) electrons. The molecular formula is C13H22N4O2. The summed E-state index contributed by atoms with van der Waals surface area (Å²) < 4.78 is 5.15. The number of anilines is 1. The van der Waals surface area contributed by atoms with Crippen molar-refractivity contribution in [3.8, 4) is 6.01 Å². The van der Waals surface area contributed by atoms with E-state index in [1.807, 2.05) is 6.92 Å². The minimum Gasteiger partial charge on any atom is -0.463 e. The molecule has 2 rings (SSSR count). The van der Waals surface area contributed by atoms with Crippen molar-refractivity contribution in [1.29, 1.82) is 0 Å². The summed E-state index contributed by atoms with van der Waals surface area (Å²) in [6, 6.07) is 0.274. The summed E-state index contributed by atoms with van der Waals surface area (Å²) in [5.41, 5.74) is 0. The van der Waals surface area contributed by atoms with Crippen LogP contribution in [0.25, 0.3) is 0 Å². The molecule has 1 heterocycles. The molecule has 1 fully saturated rings. The van der Waals surface area contributed by atoms with Crippen LogP contribution in [0.1, 0.15) is 51.9 Å². The second kappa shape index (κ2) is 7.11. The molecule has 0 aromatic carbocycles. The molecule has 0 spiro atoms. The molecule has 0 bridgehead atoms. The molecule has 1 amide bonds. The zero-order chi connectivity index (χ0) is 13.5. The molecule has 0 atom stereocenters. The quantitative estimate of drug-likeness (QED) is 0.877. The minimum atomic E-state index is 0.0427. The summed E-state index contributed by atoms with van der Waals surface area (Å²) in [5, 5.41) is 9.33. The van der Waals surface area contributed by atoms with Gasteiger partial charge in [-0.2, -0.15) is 4.98 Å². The van der Waals surface area contributed by atoms with Gasteiger partial charge in [0.2, 0.25) is 11.9 Å². The van der Waals surface area contributed by atoms with Gasteiger partial charge < -0.3 is 4.74 Å². The van der Waals surface area contributed by atoms with E-state index in [-0.39, 0.29) is 17.8 Å². The number of nitrogens with zero attached hydrogens (tertiary/aromatic N) is 2. The predicted molar refractivity (Wildman–Crippen MR) is 72.0 cm³/mol. The Morgan fingerprint density at radius 3 is 2.68 bits per heavy atom. The van der Waals surface area contributed by atoms with Gasteiger partial charge in [0.05, 0.1) is 6.61 Å². The Morgan fingerprint density at radius 2 is 2.00 bits per heavy atom. The number of amides is 1. The van der Waals surface area contributed by atoms with Gasteiger partial charge in [0, 0.05) is 5.92 Å². The highest BCUT2D eigenvalue weighted by molar-refractivity contribution is 5.90. The van der Waals surface area contributed by atoms with E-state index < -0.39 is 0 Å². The van der Waals surface area contributed by atoms with E-state index in [4.69, 9.17) is 4.74 Å². The normalized spacial score (nSPS) is 17.5. The largest absolute Gasteiger partial charge is 0.463 e. The summed E-state index contributed by atoms with van der Waals surface area (Å²) in [7, 11) is 0. The first-order valence-corrected chi connectivity index (χ1v) is 7.15. The first kappa shape index (κ1) is 13.8. The zero-order valence-electron chi connectivity index (χ0n) is 11.4. The maximum Gasteiger partial charge on any atom is 0.337 e. The molecule has 1 saturated carbocycles. The van der Waals surface area contributed by atoms with Crippen LogP contribution in [0.2, 0.25) is 0 Å². The number of hydrogen-bond acceptors (Lipinski definition) is 4. The van der Waals surface area contributed by atoms with Crippen LogP contribution in [0.4, 0.5) is 5.95 Å². The first-order chi connectivity index (χ1) is 9.29. The molecule has 0 aliphatic heterocycles. The number of nitrogens with one attached hydrogen (secondary N) is 2. The Balaban J connectivity index is 1.87. The van der Waals surface area contributed by atoms with Crippen molar-refractivity contribution in [2.75, 3.05) is 11.9 Å². The van der Waals surface area contributed by atoms with E-state index in [2.05, 4.69) is 20.5 Å². The van der Waals surface area contributed by atoms with Crippen LogP contribution in [0, 0.1) is 5.92 Å². The Morgan fingerprint density at radius 1 is 1.32 bits per heavy atom. The number of carbonyl (C=O) groups excluding carboxylic acids is 1. The van der Waals surface area contributed by atoms with Crippen LogP contribution >= 0.6 is 0 Å². The molecule has 0 saturated heterocycles. The van der Waals surface area contributed by atoms with Crippen LogP contribution in [0.15, 0.2) is 0 Å². The SMILES string of the molecule is CCOc1n[nH]c(NC(=O)C2CCCCCCC2)n1. The van der Waals surface area contributed by atoms with Crippen molar-refractivity contribution in [2.45, 2.75) is 51.9 Å². The van der Waals surface area contributed by atoms with Crippen molar-refractivity contribution in [2.24, 2.45) is 5.92 Å². The highest BCUT2D eigenvalue weighted by atomic mass is 16.5. The Kier molecular flexibility index (Phi) is 5.18. The summed E-state index contributed by atoms with van der Waals surface area (Å²) >= 11 is 0.